The molecule has 0 amide bonds. The maximum absolute atomic E-state index is 12.1. The molecule has 0 atom stereocenters. The number of rotatable bonds is 6. The van der Waals surface area contributed by atoms with E-state index in [-0.39, 0.29) is 43.3 Å². The second-order valence-corrected chi connectivity index (χ2v) is 34.3. The smallest absolute Gasteiger partial charge is 0.160 e. The molecule has 0 aliphatic carbocycles. The number of hydrogen-bond acceptors (Lipinski definition) is 4. The van der Waals surface area contributed by atoms with E-state index in [1.165, 1.54) is 44.5 Å². The third kappa shape index (κ3) is 12.7. The summed E-state index contributed by atoms with van der Waals surface area (Å²) in [6.07, 6.45) is 5.37. The Morgan fingerprint density at radius 2 is 0.692 bits per heavy atom. The van der Waals surface area contributed by atoms with E-state index in [1.54, 1.807) is 0 Å². The van der Waals surface area contributed by atoms with Crippen molar-refractivity contribution in [3.8, 4) is 0 Å². The zero-order chi connectivity index (χ0) is 66.2. The maximum Gasteiger partial charge on any atom is 0.160 e. The quantitative estimate of drug-likeness (QED) is 0.142. The van der Waals surface area contributed by atoms with E-state index in [2.05, 4.69) is 290 Å². The number of carbonyl (C=O) groups is 1. The van der Waals surface area contributed by atoms with Gasteiger partial charge in [-0.2, -0.15) is 0 Å². The Bertz CT molecular complexity index is 4550. The molecule has 3 aliphatic rings. The molecule has 5 aromatic carbocycles. The van der Waals surface area contributed by atoms with Gasteiger partial charge in [-0.3, -0.25) is 4.79 Å². The van der Waals surface area contributed by atoms with Crippen LogP contribution in [0.2, 0.25) is 0 Å². The number of aromatic nitrogens is 3. The van der Waals surface area contributed by atoms with Gasteiger partial charge in [0.1, 0.15) is 17.3 Å². The molecule has 8 aromatic rings. The van der Waals surface area contributed by atoms with E-state index >= 15 is 0 Å². The molecule has 7 nitrogen and oxygen atoms in total. The van der Waals surface area contributed by atoms with Gasteiger partial charge in [-0.1, -0.05) is 263 Å². The van der Waals surface area contributed by atoms with Crippen LogP contribution in [0.15, 0.2) is 154 Å². The molecule has 0 radical (unpaired) electrons. The van der Waals surface area contributed by atoms with Crippen LogP contribution in [0.5, 0.6) is 0 Å². The monoisotopic (exact) mass is 1210 g/mol. The predicted octanol–water partition coefficient (Wildman–Crippen LogP) is 18.1. The fourth-order valence-corrected chi connectivity index (χ4v) is 12.5. The lowest BCUT2D eigenvalue weighted by Gasteiger charge is -2.27. The summed E-state index contributed by atoms with van der Waals surface area (Å²) in [6, 6.07) is 45.5. The first-order valence-electron chi connectivity index (χ1n) is 32.8. The Balaban J connectivity index is 1.42. The lowest BCUT2D eigenvalue weighted by Crippen LogP contribution is -2.27. The van der Waals surface area contributed by atoms with Crippen LogP contribution in [-0.4, -0.2) is 32.8 Å². The summed E-state index contributed by atoms with van der Waals surface area (Å²) in [5.41, 5.74) is 23.5. The zero-order valence-electron chi connectivity index (χ0n) is 59.0. The first-order chi connectivity index (χ1) is 42.0. The average Bonchev–Trinajstić information content (AvgIpc) is 1.60. The van der Waals surface area contributed by atoms with E-state index < -0.39 is 0 Å². The molecule has 6 heterocycles. The van der Waals surface area contributed by atoms with Gasteiger partial charge in [-0.15, -0.1) is 0 Å². The van der Waals surface area contributed by atoms with Crippen LogP contribution < -0.4 is 21.4 Å². The van der Waals surface area contributed by atoms with Crippen molar-refractivity contribution in [2.45, 2.75) is 209 Å². The number of aromatic amines is 3. The molecule has 0 saturated carbocycles. The highest BCUT2D eigenvalue weighted by Crippen LogP contribution is 2.42. The Hall–Kier alpha value is -8.16. The highest BCUT2D eigenvalue weighted by Gasteiger charge is 2.32. The molecule has 0 spiro atoms. The number of amidine groups is 1. The summed E-state index contributed by atoms with van der Waals surface area (Å²) >= 11 is 0. The van der Waals surface area contributed by atoms with Crippen molar-refractivity contribution in [1.29, 1.82) is 0 Å². The summed E-state index contributed by atoms with van der Waals surface area (Å²) in [5.74, 6) is 0.578. The lowest BCUT2D eigenvalue weighted by atomic mass is 9.78. The van der Waals surface area contributed by atoms with Crippen LogP contribution in [0, 0.1) is 0 Å². The minimum Gasteiger partial charge on any atom is -0.354 e. The summed E-state index contributed by atoms with van der Waals surface area (Å²) in [7, 11) is 0. The highest BCUT2D eigenvalue weighted by molar-refractivity contribution is 6.30. The molecule has 8 bridgehead atoms. The van der Waals surface area contributed by atoms with Gasteiger partial charge >= 0.3 is 0 Å². The van der Waals surface area contributed by atoms with E-state index in [0.29, 0.717) is 11.4 Å². The second kappa shape index (κ2) is 22.0. The van der Waals surface area contributed by atoms with Crippen LogP contribution in [0.1, 0.15) is 266 Å². The first kappa shape index (κ1) is 64.4. The van der Waals surface area contributed by atoms with Crippen molar-refractivity contribution < 1.29 is 4.79 Å². The van der Waals surface area contributed by atoms with Crippen LogP contribution in [0.4, 0.5) is 5.69 Å². The van der Waals surface area contributed by atoms with Crippen molar-refractivity contribution in [2.24, 2.45) is 15.0 Å². The number of fused-ring (bicyclic) bond motifs is 10. The number of aliphatic imine (C=N–C) groups is 2. The zero-order valence-corrected chi connectivity index (χ0v) is 59.0. The molecule has 0 saturated heterocycles. The SMILES string of the molecule is CC(C)(C)c1cc(C2=C3C=CC(=N3)C(c3cc(C(C)(C)C)cc(C(C)(C)C)c3)=c3ccc([nH]3)=C(c3cc(C(C)(C)C)cc(C(C)(C)C)c3)c3[nH]c(c4c3N=C(c3ccc(C=O)cc3)N=4)=C(c3cc(C(C)(C)C)cc(C(C)(C)C)c3)c3ccc2[nH]3)cc(C(C)(C)C)c1. The topological polar surface area (TPSA) is 102 Å². The number of aldehydes is 1. The van der Waals surface area contributed by atoms with E-state index in [9.17, 15) is 4.79 Å². The predicted molar refractivity (Wildman–Crippen MR) is 384 cm³/mol. The molecule has 7 heteroatoms. The summed E-state index contributed by atoms with van der Waals surface area (Å²) in [4.78, 5) is 42.0. The number of hydrogen-bond donors (Lipinski definition) is 3. The van der Waals surface area contributed by atoms with Crippen molar-refractivity contribution >= 4 is 45.8 Å². The largest absolute Gasteiger partial charge is 0.354 e. The van der Waals surface area contributed by atoms with Crippen molar-refractivity contribution in [1.82, 2.24) is 15.0 Å². The standard InChI is InChI=1S/C84H98N6O/c1-77(2,3)54-35-50(36-55(43-54)78(4,5)6)68-62-29-30-63(85-62)69(51-37-56(79(7,8)9)44-57(38-51)80(10,11)12)65-32-34-67(87-65)71(53-41-60(83(19,20)21)46-61(42-53)84(22,23)24)73-75-74(89-76(90-75)49-27-25-48(47-91)26-28-49)72(88-73)70(66-33-31-64(68)86-66)52-39-58(81(13,14)15)45-59(40-52)82(16,17)18/h25-47,86-88H,1-24H3. The normalized spacial score (nSPS) is 15.1. The summed E-state index contributed by atoms with van der Waals surface area (Å²) in [6.45, 7) is 55.4. The number of H-pyrrole nitrogens is 3. The second-order valence-electron chi connectivity index (χ2n) is 34.3. The number of benzene rings is 5. The molecule has 0 fully saturated rings. The Kier molecular flexibility index (Phi) is 15.6. The molecule has 470 valence electrons. The van der Waals surface area contributed by atoms with E-state index in [4.69, 9.17) is 15.0 Å². The lowest BCUT2D eigenvalue weighted by molar-refractivity contribution is 0.112. The van der Waals surface area contributed by atoms with Crippen LogP contribution >= 0.6 is 0 Å². The number of nitrogens with one attached hydrogen (secondary N) is 3. The van der Waals surface area contributed by atoms with Crippen molar-refractivity contribution in [2.75, 3.05) is 0 Å². The van der Waals surface area contributed by atoms with Gasteiger partial charge in [0.2, 0.25) is 0 Å². The highest BCUT2D eigenvalue weighted by atomic mass is 16.1. The first-order valence-corrected chi connectivity index (χ1v) is 32.8. The molecular formula is C84H98N6O. The Morgan fingerprint density at radius 3 is 1.09 bits per heavy atom. The third-order valence-corrected chi connectivity index (χ3v) is 18.6. The van der Waals surface area contributed by atoms with Gasteiger partial charge in [-0.25, -0.2) is 15.0 Å². The molecule has 91 heavy (non-hydrogen) atoms. The minimum absolute atomic E-state index is 0.149. The van der Waals surface area contributed by atoms with Gasteiger partial charge in [0.25, 0.3) is 0 Å². The van der Waals surface area contributed by atoms with Crippen molar-refractivity contribution in [3.63, 3.8) is 0 Å². The molecule has 3 aliphatic heterocycles. The average molecular weight is 1210 g/mol. The number of allylic oxidation sites excluding steroid dienone is 2. The summed E-state index contributed by atoms with van der Waals surface area (Å²) < 4.78 is 0. The van der Waals surface area contributed by atoms with Crippen LogP contribution in [-0.2, 0) is 43.3 Å². The Labute approximate surface area is 542 Å². The number of nitrogens with zero attached hydrogens (tertiary/aromatic N) is 3. The van der Waals surface area contributed by atoms with Gasteiger partial charge in [0.15, 0.2) is 5.84 Å². The van der Waals surface area contributed by atoms with E-state index in [1.807, 2.05) is 24.3 Å². The third-order valence-electron chi connectivity index (χ3n) is 18.6. The molecule has 3 aromatic heterocycles. The van der Waals surface area contributed by atoms with Crippen LogP contribution in [0.25, 0.3) is 22.3 Å². The molecular weight excluding hydrogens is 1110 g/mol. The van der Waals surface area contributed by atoms with Gasteiger partial charge in [0.05, 0.1) is 22.5 Å². The minimum atomic E-state index is -0.189. The number of carbonyl (C=O) groups excluding carboxylic acids is 1. The van der Waals surface area contributed by atoms with Gasteiger partial charge in [-0.05, 0) is 146 Å². The molecule has 11 rings (SSSR count). The van der Waals surface area contributed by atoms with Gasteiger partial charge in [0, 0.05) is 55.5 Å². The van der Waals surface area contributed by atoms with Gasteiger partial charge < -0.3 is 15.0 Å². The molecule has 0 unspecified atom stereocenters. The van der Waals surface area contributed by atoms with E-state index in [0.717, 1.165) is 112 Å². The maximum atomic E-state index is 12.1. The molecule has 3 N–H and O–H groups in total. The summed E-state index contributed by atoms with van der Waals surface area (Å²) in [5, 5.41) is 3.45. The van der Waals surface area contributed by atoms with Crippen molar-refractivity contribution in [3.05, 3.63) is 256 Å². The van der Waals surface area contributed by atoms with Crippen LogP contribution in [0.3, 0.4) is 0 Å². The Morgan fingerprint density at radius 1 is 0.330 bits per heavy atom. The fraction of sp³-hybridized carbons (Fsp3) is 0.381. The fourth-order valence-electron chi connectivity index (χ4n) is 12.5.